The predicted octanol–water partition coefficient (Wildman–Crippen LogP) is 3.91. The van der Waals surface area contributed by atoms with Crippen LogP contribution < -0.4 is 5.32 Å². The van der Waals surface area contributed by atoms with E-state index in [-0.39, 0.29) is 11.3 Å². The monoisotopic (exact) mass is 303 g/mol. The summed E-state index contributed by atoms with van der Waals surface area (Å²) in [5.41, 5.74) is 2.11. The third kappa shape index (κ3) is 3.06. The van der Waals surface area contributed by atoms with E-state index in [1.165, 1.54) is 6.07 Å². The Morgan fingerprint density at radius 3 is 2.19 bits per heavy atom. The molecule has 2 aromatic rings. The zero-order chi connectivity index (χ0) is 15.6. The van der Waals surface area contributed by atoms with Gasteiger partial charge in [0.1, 0.15) is 0 Å². The molecule has 2 rings (SSSR count). The summed E-state index contributed by atoms with van der Waals surface area (Å²) in [6.07, 6.45) is 0. The summed E-state index contributed by atoms with van der Waals surface area (Å²) >= 11 is 6.12. The largest absolute Gasteiger partial charge is 0.478 e. The molecule has 0 aliphatic heterocycles. The van der Waals surface area contributed by atoms with Gasteiger partial charge in [0.05, 0.1) is 21.8 Å². The fraction of sp³-hybridized carbons (Fsp3) is 0.125. The molecular weight excluding hydrogens is 290 g/mol. The van der Waals surface area contributed by atoms with Gasteiger partial charge in [0, 0.05) is 0 Å². The van der Waals surface area contributed by atoms with Crippen molar-refractivity contribution in [1.29, 1.82) is 0 Å². The Bertz CT molecular complexity index is 725. The predicted molar refractivity (Wildman–Crippen MR) is 82.3 cm³/mol. The number of amides is 1. The molecule has 5 heteroatoms. The number of aromatic carboxylic acids is 1. The fourth-order valence-electron chi connectivity index (χ4n) is 2.02. The summed E-state index contributed by atoms with van der Waals surface area (Å²) in [5, 5.41) is 12.2. The Balaban J connectivity index is 2.41. The van der Waals surface area contributed by atoms with Crippen molar-refractivity contribution < 1.29 is 14.7 Å². The van der Waals surface area contributed by atoms with Gasteiger partial charge in [-0.15, -0.1) is 0 Å². The van der Waals surface area contributed by atoms with Gasteiger partial charge in [-0.1, -0.05) is 35.9 Å². The average Bonchev–Trinajstić information content (AvgIpc) is 2.43. The van der Waals surface area contributed by atoms with E-state index < -0.39 is 11.9 Å². The maximum absolute atomic E-state index is 12.3. The number of carbonyl (C=O) groups is 2. The molecular formula is C16H14ClNO3. The van der Waals surface area contributed by atoms with Crippen molar-refractivity contribution in [2.24, 2.45) is 0 Å². The highest BCUT2D eigenvalue weighted by Crippen LogP contribution is 2.24. The first-order valence-corrected chi connectivity index (χ1v) is 6.69. The van der Waals surface area contributed by atoms with E-state index in [1.54, 1.807) is 44.2 Å². The molecule has 0 atom stereocenters. The number of hydrogen-bond acceptors (Lipinski definition) is 2. The van der Waals surface area contributed by atoms with Crippen LogP contribution in [0.2, 0.25) is 5.02 Å². The summed E-state index contributed by atoms with van der Waals surface area (Å²) in [6, 6.07) is 9.95. The van der Waals surface area contributed by atoms with Crippen molar-refractivity contribution in [1.82, 2.24) is 0 Å². The second-order valence-corrected chi connectivity index (χ2v) is 5.07. The molecule has 0 aliphatic rings. The highest BCUT2D eigenvalue weighted by Gasteiger charge is 2.17. The van der Waals surface area contributed by atoms with Crippen LogP contribution in [0.4, 0.5) is 5.69 Å². The fourth-order valence-corrected chi connectivity index (χ4v) is 2.23. The molecule has 2 N–H and O–H groups in total. The van der Waals surface area contributed by atoms with Gasteiger partial charge in [-0.05, 0) is 37.1 Å². The summed E-state index contributed by atoms with van der Waals surface area (Å²) in [5.74, 6) is -1.52. The number of carboxylic acid groups (broad SMARTS) is 1. The number of nitrogens with one attached hydrogen (secondary N) is 1. The van der Waals surface area contributed by atoms with Gasteiger partial charge in [0.25, 0.3) is 5.91 Å². The third-order valence-corrected chi connectivity index (χ3v) is 3.68. The number of carbonyl (C=O) groups excluding carboxylic acids is 1. The van der Waals surface area contributed by atoms with Gasteiger partial charge in [0.15, 0.2) is 0 Å². The van der Waals surface area contributed by atoms with Gasteiger partial charge >= 0.3 is 5.97 Å². The normalized spacial score (nSPS) is 10.2. The van der Waals surface area contributed by atoms with Gasteiger partial charge < -0.3 is 10.4 Å². The molecule has 0 heterocycles. The van der Waals surface area contributed by atoms with Crippen LogP contribution in [0, 0.1) is 13.8 Å². The molecule has 1 amide bonds. The number of carboxylic acids is 1. The lowest BCUT2D eigenvalue weighted by Gasteiger charge is -2.12. The number of aryl methyl sites for hydroxylation is 2. The van der Waals surface area contributed by atoms with Crippen LogP contribution in [0.25, 0.3) is 0 Å². The minimum absolute atomic E-state index is 0.0483. The number of para-hydroxylation sites is 1. The van der Waals surface area contributed by atoms with E-state index in [2.05, 4.69) is 5.32 Å². The summed E-state index contributed by atoms with van der Waals surface area (Å²) < 4.78 is 0. The molecule has 0 saturated heterocycles. The second-order valence-electron chi connectivity index (χ2n) is 4.69. The molecule has 2 aromatic carbocycles. The molecule has 0 saturated carbocycles. The Morgan fingerprint density at radius 1 is 1.00 bits per heavy atom. The van der Waals surface area contributed by atoms with Crippen LogP contribution in [0.5, 0.6) is 0 Å². The molecule has 0 aliphatic carbocycles. The highest BCUT2D eigenvalue weighted by atomic mass is 35.5. The Morgan fingerprint density at radius 2 is 1.57 bits per heavy atom. The third-order valence-electron chi connectivity index (χ3n) is 3.18. The Labute approximate surface area is 127 Å². The quantitative estimate of drug-likeness (QED) is 0.903. The van der Waals surface area contributed by atoms with Gasteiger partial charge in [-0.2, -0.15) is 0 Å². The Hall–Kier alpha value is -2.33. The molecule has 21 heavy (non-hydrogen) atoms. The SMILES string of the molecule is Cc1cccc(C(=O)Nc2c(C)cccc2C(=O)O)c1Cl. The highest BCUT2D eigenvalue weighted by molar-refractivity contribution is 6.35. The minimum Gasteiger partial charge on any atom is -0.478 e. The molecule has 0 bridgehead atoms. The molecule has 0 unspecified atom stereocenters. The van der Waals surface area contributed by atoms with E-state index in [9.17, 15) is 14.7 Å². The first kappa shape index (κ1) is 15.1. The number of hydrogen-bond donors (Lipinski definition) is 2. The van der Waals surface area contributed by atoms with Crippen molar-refractivity contribution in [3.05, 3.63) is 63.7 Å². The maximum Gasteiger partial charge on any atom is 0.337 e. The summed E-state index contributed by atoms with van der Waals surface area (Å²) in [7, 11) is 0. The van der Waals surface area contributed by atoms with Gasteiger partial charge in [-0.3, -0.25) is 4.79 Å². The Kier molecular flexibility index (Phi) is 4.29. The molecule has 0 radical (unpaired) electrons. The number of benzene rings is 2. The lowest BCUT2D eigenvalue weighted by atomic mass is 10.1. The second kappa shape index (κ2) is 5.97. The first-order chi connectivity index (χ1) is 9.91. The van der Waals surface area contributed by atoms with E-state index in [4.69, 9.17) is 11.6 Å². The summed E-state index contributed by atoms with van der Waals surface area (Å²) in [6.45, 7) is 3.54. The standard InChI is InChI=1S/C16H14ClNO3/c1-9-5-3-7-11(13(9)17)15(19)18-14-10(2)6-4-8-12(14)16(20)21/h3-8H,1-2H3,(H,18,19)(H,20,21). The van der Waals surface area contributed by atoms with Crippen molar-refractivity contribution in [2.45, 2.75) is 13.8 Å². The lowest BCUT2D eigenvalue weighted by Crippen LogP contribution is -2.16. The zero-order valence-electron chi connectivity index (χ0n) is 11.6. The minimum atomic E-state index is -1.09. The first-order valence-electron chi connectivity index (χ1n) is 6.31. The van der Waals surface area contributed by atoms with Crippen LogP contribution in [0.1, 0.15) is 31.8 Å². The lowest BCUT2D eigenvalue weighted by molar-refractivity contribution is 0.0698. The van der Waals surface area contributed by atoms with E-state index in [0.29, 0.717) is 16.1 Å². The summed E-state index contributed by atoms with van der Waals surface area (Å²) in [4.78, 5) is 23.6. The molecule has 0 aromatic heterocycles. The van der Waals surface area contributed by atoms with E-state index >= 15 is 0 Å². The van der Waals surface area contributed by atoms with Crippen molar-refractivity contribution in [3.63, 3.8) is 0 Å². The van der Waals surface area contributed by atoms with E-state index in [0.717, 1.165) is 5.56 Å². The van der Waals surface area contributed by atoms with Crippen molar-refractivity contribution in [2.75, 3.05) is 5.32 Å². The number of anilines is 1. The number of halogens is 1. The zero-order valence-corrected chi connectivity index (χ0v) is 12.4. The molecule has 0 spiro atoms. The van der Waals surface area contributed by atoms with Crippen LogP contribution in [-0.4, -0.2) is 17.0 Å². The smallest absolute Gasteiger partial charge is 0.337 e. The number of rotatable bonds is 3. The maximum atomic E-state index is 12.3. The van der Waals surface area contributed by atoms with E-state index in [1.807, 2.05) is 0 Å². The average molecular weight is 304 g/mol. The van der Waals surface area contributed by atoms with Gasteiger partial charge in [-0.25, -0.2) is 4.79 Å². The van der Waals surface area contributed by atoms with Crippen molar-refractivity contribution in [3.8, 4) is 0 Å². The topological polar surface area (TPSA) is 66.4 Å². The van der Waals surface area contributed by atoms with Crippen LogP contribution in [0.15, 0.2) is 36.4 Å². The molecule has 0 fully saturated rings. The van der Waals surface area contributed by atoms with Crippen LogP contribution >= 0.6 is 11.6 Å². The van der Waals surface area contributed by atoms with Crippen molar-refractivity contribution >= 4 is 29.2 Å². The molecule has 4 nitrogen and oxygen atoms in total. The van der Waals surface area contributed by atoms with Gasteiger partial charge in [0.2, 0.25) is 0 Å². The van der Waals surface area contributed by atoms with Crippen LogP contribution in [0.3, 0.4) is 0 Å². The van der Waals surface area contributed by atoms with Crippen LogP contribution in [-0.2, 0) is 0 Å². The molecule has 108 valence electrons.